The quantitative estimate of drug-likeness (QED) is 0.687. The molecule has 0 aliphatic heterocycles. The third-order valence-electron chi connectivity index (χ3n) is 2.73. The van der Waals surface area contributed by atoms with Crippen LogP contribution < -0.4 is 5.32 Å². The second-order valence-electron chi connectivity index (χ2n) is 4.24. The highest BCUT2D eigenvalue weighted by molar-refractivity contribution is 6.04. The van der Waals surface area contributed by atoms with Gasteiger partial charge in [0.25, 0.3) is 5.91 Å². The number of Topliss-reactive ketones (excluding diaryl/α,β-unsaturated/α-hetero) is 1. The number of nitrogens with one attached hydrogen (secondary N) is 1. The van der Waals surface area contributed by atoms with Crippen molar-refractivity contribution in [3.8, 4) is 6.07 Å². The van der Waals surface area contributed by atoms with Gasteiger partial charge in [-0.3, -0.25) is 14.9 Å². The summed E-state index contributed by atoms with van der Waals surface area (Å²) < 4.78 is 10.3. The Hall–Kier alpha value is -3.07. The van der Waals surface area contributed by atoms with Gasteiger partial charge in [0, 0.05) is 6.08 Å². The number of hydrogen-bond donors (Lipinski definition) is 1. The maximum Gasteiger partial charge on any atom is 0.250 e. The zero-order chi connectivity index (χ0) is 15.4. The molecule has 1 amide bonds. The van der Waals surface area contributed by atoms with Crippen LogP contribution in [0.2, 0.25) is 0 Å². The summed E-state index contributed by atoms with van der Waals surface area (Å²) in [4.78, 5) is 23.2. The van der Waals surface area contributed by atoms with Crippen LogP contribution in [0.15, 0.2) is 33.3 Å². The van der Waals surface area contributed by atoms with Crippen LogP contribution >= 0.6 is 0 Å². The van der Waals surface area contributed by atoms with Gasteiger partial charge in [0.15, 0.2) is 5.78 Å². The average molecular weight is 284 g/mol. The molecule has 0 saturated carbocycles. The Labute approximate surface area is 120 Å². The van der Waals surface area contributed by atoms with Crippen LogP contribution in [0.4, 0.5) is 5.88 Å². The van der Waals surface area contributed by atoms with E-state index < -0.39 is 5.91 Å². The van der Waals surface area contributed by atoms with E-state index in [1.165, 1.54) is 25.3 Å². The molecule has 2 heterocycles. The molecule has 0 radical (unpaired) electrons. The number of carbonyl (C=O) groups is 2. The van der Waals surface area contributed by atoms with E-state index in [9.17, 15) is 9.59 Å². The van der Waals surface area contributed by atoms with Gasteiger partial charge in [-0.05, 0) is 32.1 Å². The minimum absolute atomic E-state index is 0.0275. The van der Waals surface area contributed by atoms with Crippen LogP contribution in [0.25, 0.3) is 6.08 Å². The summed E-state index contributed by atoms with van der Waals surface area (Å²) in [5, 5.41) is 11.5. The molecule has 106 valence electrons. The maximum absolute atomic E-state index is 11.8. The third kappa shape index (κ3) is 3.09. The maximum atomic E-state index is 11.8. The topological polar surface area (TPSA) is 96.2 Å². The Morgan fingerprint density at radius 3 is 2.76 bits per heavy atom. The van der Waals surface area contributed by atoms with Gasteiger partial charge in [-0.1, -0.05) is 0 Å². The molecular weight excluding hydrogens is 272 g/mol. The van der Waals surface area contributed by atoms with Crippen molar-refractivity contribution in [2.75, 3.05) is 5.32 Å². The molecule has 0 unspecified atom stereocenters. The van der Waals surface area contributed by atoms with Crippen LogP contribution in [0.5, 0.6) is 0 Å². The number of aryl methyl sites for hydroxylation is 1. The Balaban J connectivity index is 2.20. The van der Waals surface area contributed by atoms with Gasteiger partial charge < -0.3 is 8.83 Å². The molecular formula is C15H12N2O4. The SMILES string of the molecule is CC(=O)c1c(C)oc(NC(=O)/C=C/c2ccco2)c1C#N. The first kappa shape index (κ1) is 14.3. The van der Waals surface area contributed by atoms with E-state index in [1.54, 1.807) is 19.1 Å². The average Bonchev–Trinajstić information content (AvgIpc) is 3.03. The highest BCUT2D eigenvalue weighted by Crippen LogP contribution is 2.26. The molecule has 0 spiro atoms. The van der Waals surface area contributed by atoms with Gasteiger partial charge >= 0.3 is 0 Å². The Morgan fingerprint density at radius 2 is 2.19 bits per heavy atom. The summed E-state index contributed by atoms with van der Waals surface area (Å²) in [5.74, 6) is -0.00413. The Morgan fingerprint density at radius 1 is 1.43 bits per heavy atom. The van der Waals surface area contributed by atoms with E-state index in [0.717, 1.165) is 0 Å². The summed E-state index contributed by atoms with van der Waals surface area (Å²) in [6, 6.07) is 5.25. The van der Waals surface area contributed by atoms with E-state index in [1.807, 2.05) is 6.07 Å². The van der Waals surface area contributed by atoms with E-state index in [0.29, 0.717) is 11.5 Å². The second kappa shape index (κ2) is 5.92. The molecule has 0 bridgehead atoms. The smallest absolute Gasteiger partial charge is 0.250 e. The van der Waals surface area contributed by atoms with Gasteiger partial charge in [-0.15, -0.1) is 0 Å². The molecule has 1 N–H and O–H groups in total. The number of nitriles is 1. The fourth-order valence-corrected chi connectivity index (χ4v) is 1.86. The van der Waals surface area contributed by atoms with Crippen LogP contribution in [0.1, 0.15) is 34.4 Å². The first-order chi connectivity index (χ1) is 10.0. The molecule has 0 saturated heterocycles. The first-order valence-electron chi connectivity index (χ1n) is 6.10. The standard InChI is InChI=1S/C15H12N2O4/c1-9(18)14-10(2)21-15(12(14)8-16)17-13(19)6-5-11-4-3-7-20-11/h3-7H,1-2H3,(H,17,19)/b6-5+. The number of ketones is 1. The number of rotatable bonds is 4. The zero-order valence-electron chi connectivity index (χ0n) is 11.5. The second-order valence-corrected chi connectivity index (χ2v) is 4.24. The molecule has 0 aliphatic carbocycles. The lowest BCUT2D eigenvalue weighted by Crippen LogP contribution is -2.08. The summed E-state index contributed by atoms with van der Waals surface area (Å²) in [5.41, 5.74) is 0.211. The fourth-order valence-electron chi connectivity index (χ4n) is 1.86. The third-order valence-corrected chi connectivity index (χ3v) is 2.73. The van der Waals surface area contributed by atoms with Crippen molar-refractivity contribution >= 4 is 23.7 Å². The number of anilines is 1. The van der Waals surface area contributed by atoms with Crippen molar-refractivity contribution in [2.24, 2.45) is 0 Å². The van der Waals surface area contributed by atoms with Crippen LogP contribution in [-0.4, -0.2) is 11.7 Å². The van der Waals surface area contributed by atoms with Crippen LogP contribution in [0, 0.1) is 18.3 Å². The van der Waals surface area contributed by atoms with E-state index in [-0.39, 0.29) is 22.8 Å². The van der Waals surface area contributed by atoms with Crippen molar-refractivity contribution in [1.29, 1.82) is 5.26 Å². The largest absolute Gasteiger partial charge is 0.465 e. The van der Waals surface area contributed by atoms with Crippen molar-refractivity contribution in [3.63, 3.8) is 0 Å². The van der Waals surface area contributed by atoms with Crippen molar-refractivity contribution in [3.05, 3.63) is 47.1 Å². The molecule has 2 aromatic heterocycles. The fraction of sp³-hybridized carbons (Fsp3) is 0.133. The summed E-state index contributed by atoms with van der Waals surface area (Å²) in [7, 11) is 0. The lowest BCUT2D eigenvalue weighted by Gasteiger charge is -1.97. The lowest BCUT2D eigenvalue weighted by molar-refractivity contribution is -0.112. The van der Waals surface area contributed by atoms with Gasteiger partial charge in [-0.2, -0.15) is 5.26 Å². The molecule has 0 atom stereocenters. The number of carbonyl (C=O) groups excluding carboxylic acids is 2. The molecule has 21 heavy (non-hydrogen) atoms. The highest BCUT2D eigenvalue weighted by Gasteiger charge is 2.21. The number of hydrogen-bond acceptors (Lipinski definition) is 5. The molecule has 0 fully saturated rings. The van der Waals surface area contributed by atoms with Crippen LogP contribution in [0.3, 0.4) is 0 Å². The molecule has 2 rings (SSSR count). The van der Waals surface area contributed by atoms with Gasteiger partial charge in [-0.25, -0.2) is 0 Å². The van der Waals surface area contributed by atoms with Crippen molar-refractivity contribution in [1.82, 2.24) is 0 Å². The summed E-state index contributed by atoms with van der Waals surface area (Å²) in [6.07, 6.45) is 4.20. The Kier molecular flexibility index (Phi) is 4.05. The lowest BCUT2D eigenvalue weighted by atomic mass is 10.1. The van der Waals surface area contributed by atoms with Crippen LogP contribution in [-0.2, 0) is 4.79 Å². The highest BCUT2D eigenvalue weighted by atomic mass is 16.4. The van der Waals surface area contributed by atoms with E-state index in [4.69, 9.17) is 14.1 Å². The minimum Gasteiger partial charge on any atom is -0.465 e. The van der Waals surface area contributed by atoms with Crippen molar-refractivity contribution in [2.45, 2.75) is 13.8 Å². The number of nitrogens with zero attached hydrogens (tertiary/aromatic N) is 1. The normalized spacial score (nSPS) is 10.5. The Bertz CT molecular complexity index is 745. The molecule has 0 aromatic carbocycles. The van der Waals surface area contributed by atoms with Gasteiger partial charge in [0.05, 0.1) is 11.8 Å². The predicted octanol–water partition coefficient (Wildman–Crippen LogP) is 2.91. The first-order valence-corrected chi connectivity index (χ1v) is 6.10. The van der Waals surface area contributed by atoms with Gasteiger partial charge in [0.1, 0.15) is 23.2 Å². The summed E-state index contributed by atoms with van der Waals surface area (Å²) >= 11 is 0. The van der Waals surface area contributed by atoms with Crippen molar-refractivity contribution < 1.29 is 18.4 Å². The zero-order valence-corrected chi connectivity index (χ0v) is 11.5. The number of furan rings is 2. The molecule has 6 nitrogen and oxygen atoms in total. The molecule has 6 heteroatoms. The van der Waals surface area contributed by atoms with E-state index >= 15 is 0 Å². The minimum atomic E-state index is -0.494. The van der Waals surface area contributed by atoms with E-state index in [2.05, 4.69) is 5.32 Å². The number of amides is 1. The summed E-state index contributed by atoms with van der Waals surface area (Å²) in [6.45, 7) is 2.90. The molecule has 2 aromatic rings. The molecule has 0 aliphatic rings. The van der Waals surface area contributed by atoms with Gasteiger partial charge in [0.2, 0.25) is 5.88 Å². The predicted molar refractivity (Wildman–Crippen MR) is 74.5 cm³/mol. The monoisotopic (exact) mass is 284 g/mol.